The van der Waals surface area contributed by atoms with Crippen molar-refractivity contribution in [2.24, 2.45) is 0 Å². The van der Waals surface area contributed by atoms with Crippen LogP contribution in [-0.4, -0.2) is 21.2 Å². The summed E-state index contributed by atoms with van der Waals surface area (Å²) in [5.41, 5.74) is 5.22. The number of anilines is 1. The van der Waals surface area contributed by atoms with E-state index >= 15 is 0 Å². The maximum Gasteiger partial charge on any atom is 0.266 e. The van der Waals surface area contributed by atoms with Crippen molar-refractivity contribution in [2.75, 3.05) is 11.1 Å². The van der Waals surface area contributed by atoms with E-state index in [0.29, 0.717) is 16.1 Å². The van der Waals surface area contributed by atoms with Gasteiger partial charge in [0.15, 0.2) is 5.16 Å². The Bertz CT molecular complexity index is 1340. The molecule has 156 valence electrons. The summed E-state index contributed by atoms with van der Waals surface area (Å²) in [7, 11) is 0. The number of para-hydroxylation sites is 1. The van der Waals surface area contributed by atoms with Gasteiger partial charge in [0.05, 0.1) is 22.3 Å². The Morgan fingerprint density at radius 1 is 1.00 bits per heavy atom. The van der Waals surface area contributed by atoms with Gasteiger partial charge < -0.3 is 5.32 Å². The monoisotopic (exact) mass is 429 g/mol. The van der Waals surface area contributed by atoms with Crippen LogP contribution in [0.1, 0.15) is 16.7 Å². The Kier molecular flexibility index (Phi) is 5.91. The Morgan fingerprint density at radius 3 is 2.58 bits per heavy atom. The molecular formula is C25H23N3O2S. The van der Waals surface area contributed by atoms with Gasteiger partial charge in [0, 0.05) is 5.69 Å². The topological polar surface area (TPSA) is 64.0 Å². The molecule has 1 N–H and O–H groups in total. The molecule has 0 spiro atoms. The third kappa shape index (κ3) is 4.39. The van der Waals surface area contributed by atoms with E-state index in [1.807, 2.05) is 81.4 Å². The Hall–Kier alpha value is -3.38. The zero-order chi connectivity index (χ0) is 22.0. The molecule has 0 aliphatic carbocycles. The lowest BCUT2D eigenvalue weighted by atomic mass is 10.1. The average Bonchev–Trinajstić information content (AvgIpc) is 2.75. The van der Waals surface area contributed by atoms with Crippen molar-refractivity contribution in [1.82, 2.24) is 9.55 Å². The van der Waals surface area contributed by atoms with Crippen LogP contribution in [0.25, 0.3) is 16.6 Å². The van der Waals surface area contributed by atoms with E-state index in [0.717, 1.165) is 28.1 Å². The van der Waals surface area contributed by atoms with Gasteiger partial charge in [-0.25, -0.2) is 4.98 Å². The maximum absolute atomic E-state index is 13.3. The molecule has 4 rings (SSSR count). The first-order valence-corrected chi connectivity index (χ1v) is 11.0. The maximum atomic E-state index is 13.3. The first kappa shape index (κ1) is 20.9. The number of carbonyl (C=O) groups excluding carboxylic acids is 1. The van der Waals surface area contributed by atoms with Crippen LogP contribution in [0, 0.1) is 20.8 Å². The molecule has 0 atom stereocenters. The van der Waals surface area contributed by atoms with Gasteiger partial charge in [0.1, 0.15) is 0 Å². The number of fused-ring (bicyclic) bond motifs is 1. The first-order valence-electron chi connectivity index (χ1n) is 10.0. The highest BCUT2D eigenvalue weighted by atomic mass is 32.2. The summed E-state index contributed by atoms with van der Waals surface area (Å²) in [6, 6.07) is 20.8. The predicted octanol–water partition coefficient (Wildman–Crippen LogP) is 5.04. The van der Waals surface area contributed by atoms with E-state index in [2.05, 4.69) is 5.32 Å². The van der Waals surface area contributed by atoms with Crippen LogP contribution < -0.4 is 10.9 Å². The SMILES string of the molecule is Cc1cccc(-n2c(SCC(=O)Nc3cccc(C)c3C)nc3ccccc3c2=O)c1. The Morgan fingerprint density at radius 2 is 1.77 bits per heavy atom. The minimum atomic E-state index is -0.145. The minimum Gasteiger partial charge on any atom is -0.325 e. The fourth-order valence-electron chi connectivity index (χ4n) is 3.41. The number of aromatic nitrogens is 2. The quantitative estimate of drug-likeness (QED) is 0.356. The van der Waals surface area contributed by atoms with Crippen molar-refractivity contribution >= 4 is 34.3 Å². The summed E-state index contributed by atoms with van der Waals surface area (Å²) < 4.78 is 1.59. The number of benzene rings is 3. The summed E-state index contributed by atoms with van der Waals surface area (Å²) in [5, 5.41) is 4.01. The second-order valence-corrected chi connectivity index (χ2v) is 8.42. The van der Waals surface area contributed by atoms with Crippen molar-refractivity contribution in [3.63, 3.8) is 0 Å². The number of thioether (sulfide) groups is 1. The molecule has 31 heavy (non-hydrogen) atoms. The molecule has 3 aromatic carbocycles. The van der Waals surface area contributed by atoms with E-state index < -0.39 is 0 Å². The molecule has 5 nitrogen and oxygen atoms in total. The van der Waals surface area contributed by atoms with E-state index in [-0.39, 0.29) is 17.2 Å². The summed E-state index contributed by atoms with van der Waals surface area (Å²) in [5.74, 6) is 0.00108. The van der Waals surface area contributed by atoms with Gasteiger partial charge in [0.25, 0.3) is 5.56 Å². The highest BCUT2D eigenvalue weighted by Gasteiger charge is 2.15. The molecule has 1 amide bonds. The van der Waals surface area contributed by atoms with Crippen molar-refractivity contribution in [3.05, 3.63) is 93.8 Å². The minimum absolute atomic E-state index is 0.142. The van der Waals surface area contributed by atoms with E-state index in [1.165, 1.54) is 11.8 Å². The molecule has 1 heterocycles. The Labute approximate surface area is 185 Å². The van der Waals surface area contributed by atoms with E-state index in [9.17, 15) is 9.59 Å². The lowest BCUT2D eigenvalue weighted by Crippen LogP contribution is -2.23. The van der Waals surface area contributed by atoms with Crippen molar-refractivity contribution in [3.8, 4) is 5.69 Å². The van der Waals surface area contributed by atoms with Crippen LogP contribution in [0.5, 0.6) is 0 Å². The van der Waals surface area contributed by atoms with Crippen LogP contribution in [-0.2, 0) is 4.79 Å². The van der Waals surface area contributed by atoms with Crippen LogP contribution in [0.15, 0.2) is 76.7 Å². The van der Waals surface area contributed by atoms with Gasteiger partial charge in [-0.05, 0) is 67.8 Å². The number of amides is 1. The molecule has 0 unspecified atom stereocenters. The Balaban J connectivity index is 1.68. The standard InChI is InChI=1S/C25H23N3O2S/c1-16-8-6-10-19(14-16)28-24(30)20-11-4-5-12-22(20)27-25(28)31-15-23(29)26-21-13-7-9-17(2)18(21)3/h4-14H,15H2,1-3H3,(H,26,29). The van der Waals surface area contributed by atoms with Gasteiger partial charge in [-0.3, -0.25) is 14.2 Å². The summed E-state index contributed by atoms with van der Waals surface area (Å²) in [6.07, 6.45) is 0. The third-order valence-electron chi connectivity index (χ3n) is 5.22. The number of hydrogen-bond acceptors (Lipinski definition) is 4. The summed E-state index contributed by atoms with van der Waals surface area (Å²) in [4.78, 5) is 30.6. The highest BCUT2D eigenvalue weighted by Crippen LogP contribution is 2.23. The van der Waals surface area contributed by atoms with Gasteiger partial charge in [0.2, 0.25) is 5.91 Å². The number of aryl methyl sites for hydroxylation is 2. The fraction of sp³-hybridized carbons (Fsp3) is 0.160. The number of rotatable bonds is 5. The average molecular weight is 430 g/mol. The predicted molar refractivity (Wildman–Crippen MR) is 127 cm³/mol. The molecule has 6 heteroatoms. The molecule has 0 saturated heterocycles. The van der Waals surface area contributed by atoms with Crippen LogP contribution in [0.2, 0.25) is 0 Å². The van der Waals surface area contributed by atoms with Crippen molar-refractivity contribution in [1.29, 1.82) is 0 Å². The van der Waals surface area contributed by atoms with Crippen LogP contribution >= 0.6 is 11.8 Å². The molecule has 0 fully saturated rings. The van der Waals surface area contributed by atoms with Gasteiger partial charge in [-0.15, -0.1) is 0 Å². The molecule has 0 aliphatic rings. The van der Waals surface area contributed by atoms with Gasteiger partial charge in [-0.1, -0.05) is 48.2 Å². The highest BCUT2D eigenvalue weighted by molar-refractivity contribution is 7.99. The molecule has 4 aromatic rings. The molecular weight excluding hydrogens is 406 g/mol. The fourth-order valence-corrected chi connectivity index (χ4v) is 4.22. The van der Waals surface area contributed by atoms with Gasteiger partial charge >= 0.3 is 0 Å². The molecule has 0 saturated carbocycles. The lowest BCUT2D eigenvalue weighted by molar-refractivity contribution is -0.113. The lowest BCUT2D eigenvalue weighted by Gasteiger charge is -2.14. The van der Waals surface area contributed by atoms with E-state index in [1.54, 1.807) is 10.6 Å². The van der Waals surface area contributed by atoms with Gasteiger partial charge in [-0.2, -0.15) is 0 Å². The van der Waals surface area contributed by atoms with Crippen molar-refractivity contribution < 1.29 is 4.79 Å². The number of hydrogen-bond donors (Lipinski definition) is 1. The number of nitrogens with one attached hydrogen (secondary N) is 1. The molecule has 0 radical (unpaired) electrons. The smallest absolute Gasteiger partial charge is 0.266 e. The second-order valence-electron chi connectivity index (χ2n) is 7.48. The number of carbonyl (C=O) groups is 1. The third-order valence-corrected chi connectivity index (χ3v) is 6.15. The van der Waals surface area contributed by atoms with Crippen LogP contribution in [0.4, 0.5) is 5.69 Å². The van der Waals surface area contributed by atoms with Crippen LogP contribution in [0.3, 0.4) is 0 Å². The summed E-state index contributed by atoms with van der Waals surface area (Å²) >= 11 is 1.25. The normalized spacial score (nSPS) is 10.9. The first-order chi connectivity index (χ1) is 14.9. The van der Waals surface area contributed by atoms with Crippen molar-refractivity contribution in [2.45, 2.75) is 25.9 Å². The summed E-state index contributed by atoms with van der Waals surface area (Å²) in [6.45, 7) is 5.98. The van der Waals surface area contributed by atoms with E-state index in [4.69, 9.17) is 4.98 Å². The number of nitrogens with zero attached hydrogens (tertiary/aromatic N) is 2. The molecule has 1 aromatic heterocycles. The zero-order valence-electron chi connectivity index (χ0n) is 17.7. The second kappa shape index (κ2) is 8.78. The molecule has 0 bridgehead atoms. The largest absolute Gasteiger partial charge is 0.325 e. The molecule has 0 aliphatic heterocycles. The zero-order valence-corrected chi connectivity index (χ0v) is 18.5.